The molecule has 1 aromatic carbocycles. The van der Waals surface area contributed by atoms with Crippen LogP contribution < -0.4 is 4.72 Å². The SMILES string of the molecule is CCc1noc(-c2c(S(=O)(=O)NCc3ccccc3F)c(C)n(C)c2C)n1. The van der Waals surface area contributed by atoms with E-state index < -0.39 is 15.8 Å². The molecule has 0 atom stereocenters. The zero-order valence-electron chi connectivity index (χ0n) is 15.6. The Morgan fingerprint density at radius 3 is 2.56 bits per heavy atom. The minimum absolute atomic E-state index is 0.0603. The summed E-state index contributed by atoms with van der Waals surface area (Å²) in [6, 6.07) is 6.03. The van der Waals surface area contributed by atoms with Gasteiger partial charge in [-0.25, -0.2) is 17.5 Å². The van der Waals surface area contributed by atoms with Gasteiger partial charge in [0.05, 0.1) is 5.56 Å². The van der Waals surface area contributed by atoms with Gasteiger partial charge in [-0.3, -0.25) is 0 Å². The lowest BCUT2D eigenvalue weighted by Crippen LogP contribution is -2.24. The van der Waals surface area contributed by atoms with Gasteiger partial charge >= 0.3 is 0 Å². The zero-order chi connectivity index (χ0) is 19.8. The third-order valence-electron chi connectivity index (χ3n) is 4.60. The summed E-state index contributed by atoms with van der Waals surface area (Å²) in [6.45, 7) is 5.20. The van der Waals surface area contributed by atoms with E-state index in [0.29, 0.717) is 29.2 Å². The summed E-state index contributed by atoms with van der Waals surface area (Å²) in [5, 5.41) is 3.86. The highest BCUT2D eigenvalue weighted by atomic mass is 32.2. The Labute approximate surface area is 157 Å². The van der Waals surface area contributed by atoms with E-state index in [4.69, 9.17) is 4.52 Å². The van der Waals surface area contributed by atoms with Crippen LogP contribution in [0.25, 0.3) is 11.5 Å². The van der Waals surface area contributed by atoms with Crippen LogP contribution in [-0.4, -0.2) is 23.1 Å². The molecule has 0 aliphatic heterocycles. The maximum absolute atomic E-state index is 13.8. The predicted octanol–water partition coefficient (Wildman–Crippen LogP) is 2.87. The molecule has 0 bridgehead atoms. The van der Waals surface area contributed by atoms with E-state index in [2.05, 4.69) is 14.9 Å². The first kappa shape index (κ1) is 19.2. The summed E-state index contributed by atoms with van der Waals surface area (Å²) in [5.74, 6) is 0.179. The van der Waals surface area contributed by atoms with E-state index in [1.807, 2.05) is 6.92 Å². The van der Waals surface area contributed by atoms with Gasteiger partial charge in [-0.1, -0.05) is 30.3 Å². The van der Waals surface area contributed by atoms with Gasteiger partial charge in [0.25, 0.3) is 5.89 Å². The first-order chi connectivity index (χ1) is 12.8. The standard InChI is InChI=1S/C18H21FN4O3S/c1-5-15-21-18(26-22-15)16-11(2)23(4)12(3)17(16)27(24,25)20-10-13-8-6-7-9-14(13)19/h6-9,20H,5,10H2,1-4H3. The van der Waals surface area contributed by atoms with E-state index in [0.717, 1.165) is 0 Å². The van der Waals surface area contributed by atoms with Gasteiger partial charge in [0.2, 0.25) is 10.0 Å². The van der Waals surface area contributed by atoms with E-state index in [1.54, 1.807) is 37.6 Å². The van der Waals surface area contributed by atoms with Crippen LogP contribution in [0.15, 0.2) is 33.7 Å². The fourth-order valence-corrected chi connectivity index (χ4v) is 4.40. The van der Waals surface area contributed by atoms with Crippen molar-refractivity contribution in [2.24, 2.45) is 7.05 Å². The average molecular weight is 392 g/mol. The summed E-state index contributed by atoms with van der Waals surface area (Å²) >= 11 is 0. The van der Waals surface area contributed by atoms with Crippen LogP contribution in [0.5, 0.6) is 0 Å². The lowest BCUT2D eigenvalue weighted by atomic mass is 10.2. The van der Waals surface area contributed by atoms with E-state index >= 15 is 0 Å². The molecular weight excluding hydrogens is 371 g/mol. The van der Waals surface area contributed by atoms with Gasteiger partial charge in [-0.15, -0.1) is 0 Å². The number of aromatic nitrogens is 3. The Kier molecular flexibility index (Phi) is 5.16. The molecule has 27 heavy (non-hydrogen) atoms. The number of aryl methyl sites for hydroxylation is 1. The Hall–Kier alpha value is -2.52. The highest BCUT2D eigenvalue weighted by Gasteiger charge is 2.30. The van der Waals surface area contributed by atoms with Gasteiger partial charge < -0.3 is 9.09 Å². The average Bonchev–Trinajstić information content (AvgIpc) is 3.20. The summed E-state index contributed by atoms with van der Waals surface area (Å²) in [4.78, 5) is 4.34. The maximum Gasteiger partial charge on any atom is 0.261 e. The number of sulfonamides is 1. The second-order valence-corrected chi connectivity index (χ2v) is 7.92. The molecule has 0 radical (unpaired) electrons. The van der Waals surface area contributed by atoms with Crippen LogP contribution in [0, 0.1) is 19.7 Å². The first-order valence-corrected chi connectivity index (χ1v) is 9.96. The predicted molar refractivity (Wildman–Crippen MR) is 98.0 cm³/mol. The van der Waals surface area contributed by atoms with E-state index in [9.17, 15) is 12.8 Å². The monoisotopic (exact) mass is 392 g/mol. The number of nitrogens with one attached hydrogen (secondary N) is 1. The Bertz CT molecular complexity index is 1090. The number of hydrogen-bond acceptors (Lipinski definition) is 5. The van der Waals surface area contributed by atoms with Gasteiger partial charge in [0.15, 0.2) is 5.82 Å². The number of nitrogens with zero attached hydrogens (tertiary/aromatic N) is 3. The first-order valence-electron chi connectivity index (χ1n) is 8.48. The van der Waals surface area contributed by atoms with Crippen molar-refractivity contribution in [3.8, 4) is 11.5 Å². The molecule has 7 nitrogen and oxygen atoms in total. The Balaban J connectivity index is 2.04. The molecule has 0 spiro atoms. The molecule has 3 aromatic rings. The topological polar surface area (TPSA) is 90.0 Å². The second-order valence-electron chi connectivity index (χ2n) is 6.22. The van der Waals surface area contributed by atoms with Crippen molar-refractivity contribution >= 4 is 10.0 Å². The molecule has 144 valence electrons. The molecule has 0 fully saturated rings. The molecule has 0 unspecified atom stereocenters. The largest absolute Gasteiger partial charge is 0.350 e. The van der Waals surface area contributed by atoms with Gasteiger partial charge in [0, 0.05) is 37.0 Å². The third-order valence-corrected chi connectivity index (χ3v) is 6.16. The smallest absolute Gasteiger partial charge is 0.261 e. The molecule has 0 amide bonds. The van der Waals surface area contributed by atoms with Crippen molar-refractivity contribution in [3.05, 3.63) is 52.9 Å². The van der Waals surface area contributed by atoms with Crippen LogP contribution >= 0.6 is 0 Å². The van der Waals surface area contributed by atoms with Crippen LogP contribution in [-0.2, 0) is 30.0 Å². The highest BCUT2D eigenvalue weighted by molar-refractivity contribution is 7.89. The second kappa shape index (κ2) is 7.24. The van der Waals surface area contributed by atoms with Crippen molar-refractivity contribution in [1.82, 2.24) is 19.4 Å². The molecule has 2 aromatic heterocycles. The van der Waals surface area contributed by atoms with Gasteiger partial charge in [0.1, 0.15) is 10.7 Å². The highest BCUT2D eigenvalue weighted by Crippen LogP contribution is 2.34. The Morgan fingerprint density at radius 2 is 1.93 bits per heavy atom. The summed E-state index contributed by atoms with van der Waals surface area (Å²) in [6.07, 6.45) is 0.571. The molecule has 9 heteroatoms. The van der Waals surface area contributed by atoms with Crippen molar-refractivity contribution in [2.45, 2.75) is 38.6 Å². The van der Waals surface area contributed by atoms with Crippen LogP contribution in [0.4, 0.5) is 4.39 Å². The van der Waals surface area contributed by atoms with Crippen molar-refractivity contribution < 1.29 is 17.3 Å². The molecule has 0 saturated carbocycles. The van der Waals surface area contributed by atoms with Crippen LogP contribution in [0.1, 0.15) is 29.7 Å². The molecule has 2 heterocycles. The summed E-state index contributed by atoms with van der Waals surface area (Å²) < 4.78 is 49.4. The van der Waals surface area contributed by atoms with E-state index in [1.165, 1.54) is 12.1 Å². The van der Waals surface area contributed by atoms with Gasteiger partial charge in [-0.2, -0.15) is 4.98 Å². The fraction of sp³-hybridized carbons (Fsp3) is 0.333. The van der Waals surface area contributed by atoms with Crippen molar-refractivity contribution in [3.63, 3.8) is 0 Å². The number of rotatable bonds is 6. The maximum atomic E-state index is 13.8. The number of hydrogen-bond donors (Lipinski definition) is 1. The third kappa shape index (κ3) is 3.52. The van der Waals surface area contributed by atoms with Gasteiger partial charge in [-0.05, 0) is 19.9 Å². The molecule has 0 aliphatic carbocycles. The normalized spacial score (nSPS) is 11.9. The summed E-state index contributed by atoms with van der Waals surface area (Å²) in [5.41, 5.74) is 1.84. The van der Waals surface area contributed by atoms with Crippen molar-refractivity contribution in [1.29, 1.82) is 0 Å². The zero-order valence-corrected chi connectivity index (χ0v) is 16.4. The minimum atomic E-state index is -3.95. The fourth-order valence-electron chi connectivity index (χ4n) is 2.88. The van der Waals surface area contributed by atoms with E-state index in [-0.39, 0.29) is 22.9 Å². The molecule has 1 N–H and O–H groups in total. The molecular formula is C18H21FN4O3S. The lowest BCUT2D eigenvalue weighted by Gasteiger charge is -2.09. The van der Waals surface area contributed by atoms with Crippen molar-refractivity contribution in [2.75, 3.05) is 0 Å². The number of halogens is 1. The molecule has 3 rings (SSSR count). The number of benzene rings is 1. The Morgan fingerprint density at radius 1 is 1.22 bits per heavy atom. The lowest BCUT2D eigenvalue weighted by molar-refractivity contribution is 0.422. The quantitative estimate of drug-likeness (QED) is 0.697. The van der Waals surface area contributed by atoms with Crippen LogP contribution in [0.3, 0.4) is 0 Å². The minimum Gasteiger partial charge on any atom is -0.350 e. The van der Waals surface area contributed by atoms with Crippen LogP contribution in [0.2, 0.25) is 0 Å². The molecule has 0 saturated heterocycles. The summed E-state index contributed by atoms with van der Waals surface area (Å²) in [7, 11) is -2.18. The molecule has 0 aliphatic rings.